The summed E-state index contributed by atoms with van der Waals surface area (Å²) in [5, 5.41) is 13.8. The van der Waals surface area contributed by atoms with Gasteiger partial charge < -0.3 is 15.7 Å². The van der Waals surface area contributed by atoms with Gasteiger partial charge in [0.15, 0.2) is 0 Å². The number of carbonyl (C=O) groups excluding carboxylic acids is 1. The fraction of sp³-hybridized carbons (Fsp3) is 0.385. The van der Waals surface area contributed by atoms with Crippen molar-refractivity contribution in [1.82, 2.24) is 5.32 Å². The van der Waals surface area contributed by atoms with Crippen molar-refractivity contribution in [3.63, 3.8) is 0 Å². The van der Waals surface area contributed by atoms with Crippen molar-refractivity contribution >= 4 is 17.7 Å². The Balaban J connectivity index is 2.58. The third-order valence-corrected chi connectivity index (χ3v) is 2.66. The monoisotopic (exact) mass is 268 g/mol. The van der Waals surface area contributed by atoms with Gasteiger partial charge in [-0.25, -0.2) is 9.18 Å². The van der Waals surface area contributed by atoms with Gasteiger partial charge in [0, 0.05) is 11.7 Å². The maximum Gasteiger partial charge on any atom is 0.319 e. The quantitative estimate of drug-likeness (QED) is 0.767. The Kier molecular flexibility index (Phi) is 5.29. The third-order valence-electron chi connectivity index (χ3n) is 2.66. The number of amides is 2. The lowest BCUT2D eigenvalue weighted by molar-refractivity contribution is -0.137. The molecule has 1 aromatic rings. The molecule has 104 valence electrons. The summed E-state index contributed by atoms with van der Waals surface area (Å²) in [6, 6.07) is 3.28. The van der Waals surface area contributed by atoms with E-state index in [9.17, 15) is 14.0 Å². The lowest BCUT2D eigenvalue weighted by Crippen LogP contribution is -2.38. The molecule has 0 spiro atoms. The summed E-state index contributed by atoms with van der Waals surface area (Å²) >= 11 is 0. The van der Waals surface area contributed by atoms with Gasteiger partial charge in [-0.2, -0.15) is 0 Å². The molecule has 0 aliphatic carbocycles. The molecule has 1 rings (SSSR count). The van der Waals surface area contributed by atoms with Crippen molar-refractivity contribution in [1.29, 1.82) is 0 Å². The average Bonchev–Trinajstić information content (AvgIpc) is 2.32. The van der Waals surface area contributed by atoms with Crippen LogP contribution in [0.5, 0.6) is 0 Å². The Hall–Kier alpha value is -2.11. The number of nitrogens with one attached hydrogen (secondary N) is 2. The highest BCUT2D eigenvalue weighted by Gasteiger charge is 2.14. The van der Waals surface area contributed by atoms with Crippen LogP contribution in [-0.2, 0) is 4.79 Å². The van der Waals surface area contributed by atoms with Crippen LogP contribution in [0.3, 0.4) is 0 Å². The highest BCUT2D eigenvalue weighted by atomic mass is 19.1. The number of benzene rings is 1. The van der Waals surface area contributed by atoms with E-state index in [-0.39, 0.29) is 12.2 Å². The average molecular weight is 268 g/mol. The van der Waals surface area contributed by atoms with E-state index in [1.165, 1.54) is 18.2 Å². The van der Waals surface area contributed by atoms with Crippen LogP contribution in [-0.4, -0.2) is 23.1 Å². The first kappa shape index (κ1) is 14.9. The number of hydrogen-bond acceptors (Lipinski definition) is 2. The van der Waals surface area contributed by atoms with Gasteiger partial charge in [0.25, 0.3) is 0 Å². The smallest absolute Gasteiger partial charge is 0.319 e. The van der Waals surface area contributed by atoms with E-state index in [1.807, 2.05) is 0 Å². The van der Waals surface area contributed by atoms with Crippen LogP contribution in [0.25, 0.3) is 0 Å². The van der Waals surface area contributed by atoms with Gasteiger partial charge in [-0.05, 0) is 37.1 Å². The maximum atomic E-state index is 13.1. The minimum atomic E-state index is -0.968. The molecular weight excluding hydrogens is 251 g/mol. The van der Waals surface area contributed by atoms with Crippen LogP contribution in [0.15, 0.2) is 18.2 Å². The highest BCUT2D eigenvalue weighted by molar-refractivity contribution is 5.89. The van der Waals surface area contributed by atoms with E-state index in [1.54, 1.807) is 13.8 Å². The van der Waals surface area contributed by atoms with Gasteiger partial charge >= 0.3 is 12.0 Å². The fourth-order valence-electron chi connectivity index (χ4n) is 1.58. The van der Waals surface area contributed by atoms with E-state index < -0.39 is 18.0 Å². The molecule has 3 N–H and O–H groups in total. The first-order valence-electron chi connectivity index (χ1n) is 5.97. The lowest BCUT2D eigenvalue weighted by Gasteiger charge is -2.15. The Labute approximate surface area is 110 Å². The number of urea groups is 1. The van der Waals surface area contributed by atoms with Crippen molar-refractivity contribution in [3.8, 4) is 0 Å². The summed E-state index contributed by atoms with van der Waals surface area (Å²) in [7, 11) is 0. The zero-order valence-corrected chi connectivity index (χ0v) is 10.9. The molecule has 1 aromatic carbocycles. The fourth-order valence-corrected chi connectivity index (χ4v) is 1.58. The molecule has 0 aromatic heterocycles. The maximum absolute atomic E-state index is 13.1. The second kappa shape index (κ2) is 6.72. The molecule has 0 heterocycles. The number of halogens is 1. The van der Waals surface area contributed by atoms with Crippen molar-refractivity contribution in [2.45, 2.75) is 32.7 Å². The minimum Gasteiger partial charge on any atom is -0.481 e. The molecule has 0 fully saturated rings. The van der Waals surface area contributed by atoms with Crippen LogP contribution in [0.4, 0.5) is 14.9 Å². The number of hydrogen-bond donors (Lipinski definition) is 3. The SMILES string of the molecule is CCC(CC(=O)O)NC(=O)Nc1ccc(F)c(C)c1. The largest absolute Gasteiger partial charge is 0.481 e. The number of rotatable bonds is 5. The second-order valence-corrected chi connectivity index (χ2v) is 4.27. The van der Waals surface area contributed by atoms with Crippen LogP contribution in [0.1, 0.15) is 25.3 Å². The molecule has 0 saturated carbocycles. The first-order valence-corrected chi connectivity index (χ1v) is 5.97. The Morgan fingerprint density at radius 3 is 2.63 bits per heavy atom. The Bertz CT molecular complexity index is 477. The summed E-state index contributed by atoms with van der Waals surface area (Å²) in [5.74, 6) is -1.31. The second-order valence-electron chi connectivity index (χ2n) is 4.27. The summed E-state index contributed by atoms with van der Waals surface area (Å²) in [5.41, 5.74) is 0.886. The van der Waals surface area contributed by atoms with E-state index in [0.29, 0.717) is 17.7 Å². The van der Waals surface area contributed by atoms with Gasteiger partial charge in [-0.3, -0.25) is 4.79 Å². The van der Waals surface area contributed by atoms with Crippen molar-refractivity contribution in [2.24, 2.45) is 0 Å². The molecule has 0 radical (unpaired) electrons. The van der Waals surface area contributed by atoms with Crippen LogP contribution in [0.2, 0.25) is 0 Å². The van der Waals surface area contributed by atoms with Gasteiger partial charge in [0.1, 0.15) is 5.82 Å². The van der Waals surface area contributed by atoms with E-state index >= 15 is 0 Å². The van der Waals surface area contributed by atoms with Crippen LogP contribution >= 0.6 is 0 Å². The van der Waals surface area contributed by atoms with Gasteiger partial charge in [0.05, 0.1) is 6.42 Å². The van der Waals surface area contributed by atoms with Crippen LogP contribution in [0, 0.1) is 12.7 Å². The molecule has 0 aliphatic rings. The molecule has 6 heteroatoms. The predicted octanol–water partition coefficient (Wildman–Crippen LogP) is 2.51. The minimum absolute atomic E-state index is 0.133. The highest BCUT2D eigenvalue weighted by Crippen LogP contribution is 2.13. The summed E-state index contributed by atoms with van der Waals surface area (Å²) < 4.78 is 13.1. The number of anilines is 1. The van der Waals surface area contributed by atoms with E-state index in [0.717, 1.165) is 0 Å². The molecule has 1 atom stereocenters. The number of carboxylic acids is 1. The summed E-state index contributed by atoms with van der Waals surface area (Å²) in [6.07, 6.45) is 0.383. The molecule has 0 aliphatic heterocycles. The van der Waals surface area contributed by atoms with Crippen molar-refractivity contribution in [2.75, 3.05) is 5.32 Å². The molecule has 2 amide bonds. The van der Waals surface area contributed by atoms with Gasteiger partial charge in [-0.15, -0.1) is 0 Å². The van der Waals surface area contributed by atoms with E-state index in [4.69, 9.17) is 5.11 Å². The number of aryl methyl sites for hydroxylation is 1. The molecular formula is C13H17FN2O3. The van der Waals surface area contributed by atoms with E-state index in [2.05, 4.69) is 10.6 Å². The third kappa shape index (κ3) is 4.95. The molecule has 19 heavy (non-hydrogen) atoms. The molecule has 1 unspecified atom stereocenters. The zero-order valence-electron chi connectivity index (χ0n) is 10.9. The van der Waals surface area contributed by atoms with Gasteiger partial charge in [-0.1, -0.05) is 6.92 Å². The molecule has 0 saturated heterocycles. The lowest BCUT2D eigenvalue weighted by atomic mass is 10.1. The zero-order chi connectivity index (χ0) is 14.4. The van der Waals surface area contributed by atoms with Gasteiger partial charge in [0.2, 0.25) is 0 Å². The predicted molar refractivity (Wildman–Crippen MR) is 69.6 cm³/mol. The van der Waals surface area contributed by atoms with Crippen LogP contribution < -0.4 is 10.6 Å². The number of aliphatic carboxylic acids is 1. The molecule has 0 bridgehead atoms. The normalized spacial score (nSPS) is 11.7. The van der Waals surface area contributed by atoms with Crippen molar-refractivity contribution in [3.05, 3.63) is 29.6 Å². The standard InChI is InChI=1S/C13H17FN2O3/c1-3-9(7-12(17)18)15-13(19)16-10-4-5-11(14)8(2)6-10/h4-6,9H,3,7H2,1-2H3,(H,17,18)(H2,15,16,19). The summed E-state index contributed by atoms with van der Waals surface area (Å²) in [6.45, 7) is 3.38. The number of carboxylic acid groups (broad SMARTS) is 1. The van der Waals surface area contributed by atoms with Crippen molar-refractivity contribution < 1.29 is 19.1 Å². The first-order chi connectivity index (χ1) is 8.92. The Morgan fingerprint density at radius 2 is 2.11 bits per heavy atom. The molecule has 5 nitrogen and oxygen atoms in total. The number of carbonyl (C=O) groups is 2. The topological polar surface area (TPSA) is 78.4 Å². The summed E-state index contributed by atoms with van der Waals surface area (Å²) in [4.78, 5) is 22.2. The Morgan fingerprint density at radius 1 is 1.42 bits per heavy atom.